The van der Waals surface area contributed by atoms with Crippen molar-refractivity contribution in [2.24, 2.45) is 11.7 Å². The first-order valence-corrected chi connectivity index (χ1v) is 21.3. The van der Waals surface area contributed by atoms with Crippen LogP contribution in [-0.4, -0.2) is 113 Å². The molecule has 0 aliphatic carbocycles. The van der Waals surface area contributed by atoms with Gasteiger partial charge in [0, 0.05) is 12.8 Å². The van der Waals surface area contributed by atoms with Crippen molar-refractivity contribution in [3.8, 4) is 0 Å². The molecule has 9 N–H and O–H groups in total. The summed E-state index contributed by atoms with van der Waals surface area (Å²) < 4.78 is 0. The number of carbonyl (C=O) groups excluding carboxylic acids is 6. The van der Waals surface area contributed by atoms with E-state index >= 15 is 0 Å². The van der Waals surface area contributed by atoms with Crippen molar-refractivity contribution in [1.29, 1.82) is 0 Å². The van der Waals surface area contributed by atoms with E-state index in [-0.39, 0.29) is 25.2 Å². The van der Waals surface area contributed by atoms with Crippen LogP contribution < -0.4 is 37.6 Å². The molecule has 17 heteroatoms. The smallest absolute Gasteiger partial charge is 0.326 e. The average molecular weight is 816 g/mol. The van der Waals surface area contributed by atoms with E-state index in [1.807, 2.05) is 32.4 Å². The third kappa shape index (κ3) is 17.9. The molecule has 0 heterocycles. The van der Waals surface area contributed by atoms with Gasteiger partial charge in [0.25, 0.3) is 0 Å². The number of hydrogen-bond donors (Lipinski definition) is 8. The number of carbonyl (C=O) groups is 7. The highest BCUT2D eigenvalue weighted by molar-refractivity contribution is 7.98. The lowest BCUT2D eigenvalue weighted by atomic mass is 10.0. The van der Waals surface area contributed by atoms with Crippen LogP contribution in [0.2, 0.25) is 0 Å². The molecule has 308 valence electrons. The number of carboxylic acids is 1. The molecule has 0 saturated carbocycles. The Kier molecular flexibility index (Phi) is 21.7. The molecule has 15 nitrogen and oxygen atoms in total. The van der Waals surface area contributed by atoms with E-state index in [1.165, 1.54) is 18.7 Å². The molecule has 6 atom stereocenters. The molecule has 0 bridgehead atoms. The molecule has 0 saturated heterocycles. The Hall–Kier alpha value is -4.61. The van der Waals surface area contributed by atoms with E-state index in [0.717, 1.165) is 5.56 Å². The van der Waals surface area contributed by atoms with Gasteiger partial charge in [0.05, 0.1) is 12.6 Å². The van der Waals surface area contributed by atoms with Crippen LogP contribution >= 0.6 is 23.5 Å². The number of carboxylic acid groups (broad SMARTS) is 1. The topological polar surface area (TPSA) is 238 Å². The van der Waals surface area contributed by atoms with Gasteiger partial charge < -0.3 is 42.7 Å². The molecule has 0 spiro atoms. The number of nitrogens with two attached hydrogens (primary N) is 1. The number of amides is 6. The van der Waals surface area contributed by atoms with Gasteiger partial charge in [-0.2, -0.15) is 23.5 Å². The largest absolute Gasteiger partial charge is 0.480 e. The Bertz CT molecular complexity index is 1590. The summed E-state index contributed by atoms with van der Waals surface area (Å²) in [5, 5.41) is 25.2. The molecule has 56 heavy (non-hydrogen) atoms. The summed E-state index contributed by atoms with van der Waals surface area (Å²) in [6.07, 6.45) is 4.77. The highest BCUT2D eigenvalue weighted by Crippen LogP contribution is 2.10. The number of rotatable bonds is 25. The second-order valence-corrected chi connectivity index (χ2v) is 15.7. The lowest BCUT2D eigenvalue weighted by Crippen LogP contribution is -2.58. The van der Waals surface area contributed by atoms with Crippen LogP contribution in [0.25, 0.3) is 0 Å². The zero-order valence-corrected chi connectivity index (χ0v) is 34.3. The predicted molar refractivity (Wildman–Crippen MR) is 220 cm³/mol. The molecule has 2 aromatic carbocycles. The Labute approximate surface area is 337 Å². The summed E-state index contributed by atoms with van der Waals surface area (Å²) in [6.45, 7) is 4.66. The summed E-state index contributed by atoms with van der Waals surface area (Å²) in [5.41, 5.74) is 7.50. The fourth-order valence-electron chi connectivity index (χ4n) is 5.46. The summed E-state index contributed by atoms with van der Waals surface area (Å²) in [4.78, 5) is 91.2. The van der Waals surface area contributed by atoms with Crippen LogP contribution in [-0.2, 0) is 46.4 Å². The lowest BCUT2D eigenvalue weighted by Gasteiger charge is -2.26. The van der Waals surface area contributed by atoms with Crippen molar-refractivity contribution >= 4 is 64.9 Å². The van der Waals surface area contributed by atoms with Gasteiger partial charge in [0.2, 0.25) is 35.4 Å². The first-order chi connectivity index (χ1) is 26.6. The van der Waals surface area contributed by atoms with Gasteiger partial charge in [-0.1, -0.05) is 74.5 Å². The van der Waals surface area contributed by atoms with E-state index in [0.29, 0.717) is 29.9 Å². The average Bonchev–Trinajstić information content (AvgIpc) is 3.16. The van der Waals surface area contributed by atoms with Crippen molar-refractivity contribution in [3.05, 3.63) is 71.8 Å². The van der Waals surface area contributed by atoms with Crippen molar-refractivity contribution in [2.75, 3.05) is 30.6 Å². The maximum Gasteiger partial charge on any atom is 0.326 e. The Balaban J connectivity index is 2.13. The minimum Gasteiger partial charge on any atom is -0.480 e. The van der Waals surface area contributed by atoms with E-state index in [1.54, 1.807) is 66.4 Å². The molecular formula is C39H57N7O8S2. The first-order valence-electron chi connectivity index (χ1n) is 18.5. The molecule has 0 aliphatic rings. The molecule has 0 fully saturated rings. The van der Waals surface area contributed by atoms with Crippen molar-refractivity contribution in [2.45, 2.75) is 89.1 Å². The van der Waals surface area contributed by atoms with Crippen molar-refractivity contribution in [1.82, 2.24) is 31.9 Å². The predicted octanol–water partition coefficient (Wildman–Crippen LogP) is 0.996. The van der Waals surface area contributed by atoms with Crippen LogP contribution in [0.1, 0.15) is 51.2 Å². The molecule has 0 aromatic heterocycles. The second kappa shape index (κ2) is 25.5. The van der Waals surface area contributed by atoms with E-state index in [4.69, 9.17) is 5.73 Å². The van der Waals surface area contributed by atoms with E-state index < -0.39 is 84.2 Å². The molecular weight excluding hydrogens is 759 g/mol. The molecule has 0 unspecified atom stereocenters. The van der Waals surface area contributed by atoms with Gasteiger partial charge in [-0.3, -0.25) is 28.8 Å². The van der Waals surface area contributed by atoms with Gasteiger partial charge in [0.15, 0.2) is 0 Å². The molecule has 6 amide bonds. The van der Waals surface area contributed by atoms with Crippen LogP contribution in [0, 0.1) is 5.92 Å². The fourth-order valence-corrected chi connectivity index (χ4v) is 6.42. The normalized spacial score (nSPS) is 14.2. The quantitative estimate of drug-likeness (QED) is 0.0704. The summed E-state index contributed by atoms with van der Waals surface area (Å²) in [5.74, 6) is -3.86. The lowest BCUT2D eigenvalue weighted by molar-refractivity contribution is -0.142. The first kappa shape index (κ1) is 47.5. The second-order valence-electron chi connectivity index (χ2n) is 13.8. The van der Waals surface area contributed by atoms with Gasteiger partial charge in [-0.25, -0.2) is 4.79 Å². The molecule has 0 aliphatic heterocycles. The third-order valence-corrected chi connectivity index (χ3v) is 9.85. The third-order valence-electron chi connectivity index (χ3n) is 8.56. The van der Waals surface area contributed by atoms with Crippen LogP contribution in [0.5, 0.6) is 0 Å². The summed E-state index contributed by atoms with van der Waals surface area (Å²) >= 11 is 2.99. The van der Waals surface area contributed by atoms with E-state index in [2.05, 4.69) is 31.9 Å². The standard InChI is InChI=1S/C39H57N7O8S2/c1-24(2)20-30(45-35(49)28(40)16-18-55-4)37(51)46-32(22-27-14-10-7-11-15-27)36(50)42-25(3)34(48)41-23-33(47)43-31(21-26-12-8-6-9-13-26)38(52)44-29(39(53)54)17-19-56-5/h6-15,24-25,28-32H,16-23,40H2,1-5H3,(H,41,48)(H,42,50)(H,43,47)(H,44,52)(H,45,49)(H,46,51)(H,53,54)/t25-,28-,29-,30-,31-,32-/m0/s1. The van der Waals surface area contributed by atoms with Crippen LogP contribution in [0.15, 0.2) is 60.7 Å². The Morgan fingerprint density at radius 1 is 0.607 bits per heavy atom. The zero-order valence-electron chi connectivity index (χ0n) is 32.7. The zero-order chi connectivity index (χ0) is 41.6. The van der Waals surface area contributed by atoms with E-state index in [9.17, 15) is 38.7 Å². The maximum absolute atomic E-state index is 13.6. The minimum atomic E-state index is -1.20. The van der Waals surface area contributed by atoms with Gasteiger partial charge in [-0.05, 0) is 67.2 Å². The summed E-state index contributed by atoms with van der Waals surface area (Å²) in [6, 6.07) is 11.5. The number of hydrogen-bond acceptors (Lipinski definition) is 10. The molecule has 2 aromatic rings. The van der Waals surface area contributed by atoms with Crippen LogP contribution in [0.3, 0.4) is 0 Å². The highest BCUT2D eigenvalue weighted by atomic mass is 32.2. The minimum absolute atomic E-state index is 0.0189. The monoisotopic (exact) mass is 815 g/mol. The number of benzene rings is 2. The maximum atomic E-state index is 13.6. The molecule has 2 rings (SSSR count). The van der Waals surface area contributed by atoms with Crippen molar-refractivity contribution < 1.29 is 38.7 Å². The number of aliphatic carboxylic acids is 1. The van der Waals surface area contributed by atoms with Crippen LogP contribution in [0.4, 0.5) is 0 Å². The fraction of sp³-hybridized carbons (Fsp3) is 0.513. The van der Waals surface area contributed by atoms with Gasteiger partial charge in [-0.15, -0.1) is 0 Å². The van der Waals surface area contributed by atoms with Gasteiger partial charge in [0.1, 0.15) is 30.2 Å². The summed E-state index contributed by atoms with van der Waals surface area (Å²) in [7, 11) is 0. The molecule has 0 radical (unpaired) electrons. The number of nitrogens with one attached hydrogen (secondary N) is 6. The van der Waals surface area contributed by atoms with Gasteiger partial charge >= 0.3 is 5.97 Å². The SMILES string of the molecule is CSCC[C@H](NC(=O)[C@H](Cc1ccccc1)NC(=O)CNC(=O)[C@H](C)NC(=O)[C@H](Cc1ccccc1)NC(=O)[C@H](CC(C)C)NC(=O)[C@@H](N)CCSC)C(=O)O. The Morgan fingerprint density at radius 3 is 1.59 bits per heavy atom. The number of thioether (sulfide) groups is 2. The van der Waals surface area contributed by atoms with Crippen molar-refractivity contribution in [3.63, 3.8) is 0 Å². The Morgan fingerprint density at radius 2 is 1.07 bits per heavy atom. The highest BCUT2D eigenvalue weighted by Gasteiger charge is 2.31.